The number of aryl methyl sites for hydroxylation is 2. The third kappa shape index (κ3) is 4.20. The summed E-state index contributed by atoms with van der Waals surface area (Å²) in [5, 5.41) is 2.81. The molecule has 0 saturated carbocycles. The molecule has 3 rings (SSSR count). The fourth-order valence-electron chi connectivity index (χ4n) is 3.46. The van der Waals surface area contributed by atoms with Gasteiger partial charge in [0, 0.05) is 25.5 Å². The Balaban J connectivity index is 1.81. The van der Waals surface area contributed by atoms with Crippen LogP contribution in [0.4, 0.5) is 5.69 Å². The highest BCUT2D eigenvalue weighted by Crippen LogP contribution is 2.28. The number of methoxy groups -OCH3 is 1. The maximum absolute atomic E-state index is 13.1. The number of carbonyl (C=O) groups is 2. The van der Waals surface area contributed by atoms with E-state index in [1.807, 2.05) is 31.2 Å². The Morgan fingerprint density at radius 3 is 2.55 bits per heavy atom. The number of ether oxygens (including phenoxy) is 1. The molecule has 1 aromatic carbocycles. The van der Waals surface area contributed by atoms with E-state index in [0.717, 1.165) is 12.0 Å². The Labute approximate surface area is 170 Å². The van der Waals surface area contributed by atoms with Crippen LogP contribution in [0.25, 0.3) is 0 Å². The molecule has 1 amide bonds. The van der Waals surface area contributed by atoms with E-state index in [1.165, 1.54) is 28.2 Å². The van der Waals surface area contributed by atoms with Crippen molar-refractivity contribution in [3.63, 3.8) is 0 Å². The van der Waals surface area contributed by atoms with Crippen molar-refractivity contribution < 1.29 is 22.7 Å². The third-order valence-corrected chi connectivity index (χ3v) is 6.99. The molecule has 1 atom stereocenters. The van der Waals surface area contributed by atoms with Gasteiger partial charge >= 0.3 is 5.97 Å². The summed E-state index contributed by atoms with van der Waals surface area (Å²) in [4.78, 5) is 24.6. The summed E-state index contributed by atoms with van der Waals surface area (Å²) in [7, 11) is -1.13. The quantitative estimate of drug-likeness (QED) is 0.724. The zero-order valence-corrected chi connectivity index (χ0v) is 17.5. The van der Waals surface area contributed by atoms with Gasteiger partial charge < -0.3 is 14.6 Å². The van der Waals surface area contributed by atoms with Crippen molar-refractivity contribution in [2.45, 2.75) is 37.1 Å². The number of nitrogens with one attached hydrogen (secondary N) is 1. The first-order valence-electron chi connectivity index (χ1n) is 9.44. The van der Waals surface area contributed by atoms with Gasteiger partial charge in [0.15, 0.2) is 0 Å². The zero-order chi connectivity index (χ0) is 21.2. The van der Waals surface area contributed by atoms with Gasteiger partial charge in [0.1, 0.15) is 16.6 Å². The molecule has 29 heavy (non-hydrogen) atoms. The number of hydrogen-bond acceptors (Lipinski definition) is 5. The average molecular weight is 420 g/mol. The smallest absolute Gasteiger partial charge is 0.354 e. The predicted molar refractivity (Wildman–Crippen MR) is 108 cm³/mol. The van der Waals surface area contributed by atoms with Gasteiger partial charge in [-0.3, -0.25) is 4.79 Å². The van der Waals surface area contributed by atoms with E-state index in [4.69, 9.17) is 0 Å². The lowest BCUT2D eigenvalue weighted by molar-refractivity contribution is -0.119. The predicted octanol–water partition coefficient (Wildman–Crippen LogP) is 2.17. The first-order chi connectivity index (χ1) is 13.8. The maximum atomic E-state index is 13.1. The van der Waals surface area contributed by atoms with Gasteiger partial charge in [0.2, 0.25) is 15.9 Å². The monoisotopic (exact) mass is 419 g/mol. The van der Waals surface area contributed by atoms with Crippen LogP contribution in [0.5, 0.6) is 0 Å². The number of rotatable bonds is 6. The van der Waals surface area contributed by atoms with E-state index >= 15 is 0 Å². The summed E-state index contributed by atoms with van der Waals surface area (Å²) in [5.41, 5.74) is 1.91. The number of anilines is 1. The van der Waals surface area contributed by atoms with Gasteiger partial charge in [-0.05, 0) is 43.0 Å². The minimum Gasteiger partial charge on any atom is -0.464 e. The molecule has 2 heterocycles. The summed E-state index contributed by atoms with van der Waals surface area (Å²) >= 11 is 0. The molecule has 0 unspecified atom stereocenters. The summed E-state index contributed by atoms with van der Waals surface area (Å²) in [6.07, 6.45) is 3.28. The molecular weight excluding hydrogens is 394 g/mol. The maximum Gasteiger partial charge on any atom is 0.354 e. The van der Waals surface area contributed by atoms with Crippen molar-refractivity contribution >= 4 is 27.6 Å². The van der Waals surface area contributed by atoms with Crippen molar-refractivity contribution in [1.82, 2.24) is 8.87 Å². The van der Waals surface area contributed by atoms with Crippen molar-refractivity contribution in [1.29, 1.82) is 0 Å². The second-order valence-corrected chi connectivity index (χ2v) is 8.87. The molecule has 1 N–H and O–H groups in total. The molecule has 0 aliphatic carbocycles. The Hall–Kier alpha value is -2.65. The Morgan fingerprint density at radius 1 is 1.24 bits per heavy atom. The molecule has 0 radical (unpaired) electrons. The van der Waals surface area contributed by atoms with Gasteiger partial charge in [-0.15, -0.1) is 0 Å². The molecule has 0 bridgehead atoms. The van der Waals surface area contributed by atoms with E-state index in [1.54, 1.807) is 7.05 Å². The van der Waals surface area contributed by atoms with E-state index < -0.39 is 22.0 Å². The van der Waals surface area contributed by atoms with Gasteiger partial charge in [0.25, 0.3) is 0 Å². The van der Waals surface area contributed by atoms with Crippen LogP contribution in [0.15, 0.2) is 41.4 Å². The van der Waals surface area contributed by atoms with Crippen molar-refractivity contribution in [3.8, 4) is 0 Å². The number of sulfonamides is 1. The Kier molecular flexibility index (Phi) is 6.09. The lowest BCUT2D eigenvalue weighted by atomic mass is 10.1. The van der Waals surface area contributed by atoms with Crippen LogP contribution >= 0.6 is 0 Å². The minimum atomic E-state index is -3.94. The molecule has 1 aliphatic heterocycles. The fraction of sp³-hybridized carbons (Fsp3) is 0.400. The molecule has 1 aliphatic rings. The van der Waals surface area contributed by atoms with Gasteiger partial charge in [0.05, 0.1) is 7.11 Å². The summed E-state index contributed by atoms with van der Waals surface area (Å²) in [5.74, 6) is -0.986. The Morgan fingerprint density at radius 2 is 1.93 bits per heavy atom. The standard InChI is InChI=1S/C20H25N3O5S/c1-4-14-7-9-15(10-8-14)21-19(24)17-6-5-11-23(17)29(26,27)16-12-18(20(25)28-3)22(2)13-16/h7-10,12-13,17H,4-6,11H2,1-3H3,(H,21,24)/t17-/m1/s1. The highest BCUT2D eigenvalue weighted by Gasteiger charge is 2.40. The molecule has 0 spiro atoms. The van der Waals surface area contributed by atoms with Crippen LogP contribution in [-0.2, 0) is 33.0 Å². The van der Waals surface area contributed by atoms with Crippen molar-refractivity contribution in [3.05, 3.63) is 47.8 Å². The van der Waals surface area contributed by atoms with Crippen LogP contribution in [-0.4, -0.2) is 48.9 Å². The van der Waals surface area contributed by atoms with Gasteiger partial charge in [-0.2, -0.15) is 4.31 Å². The summed E-state index contributed by atoms with van der Waals surface area (Å²) in [6, 6.07) is 7.95. The van der Waals surface area contributed by atoms with Crippen LogP contribution in [0.3, 0.4) is 0 Å². The van der Waals surface area contributed by atoms with E-state index in [-0.39, 0.29) is 23.0 Å². The molecule has 156 valence electrons. The molecule has 9 heteroatoms. The number of hydrogen-bond donors (Lipinski definition) is 1. The van der Waals surface area contributed by atoms with Crippen LogP contribution < -0.4 is 5.32 Å². The SMILES string of the molecule is CCc1ccc(NC(=O)[C@H]2CCCN2S(=O)(=O)c2cc(C(=O)OC)n(C)c2)cc1. The molecule has 1 aromatic heterocycles. The van der Waals surface area contributed by atoms with E-state index in [9.17, 15) is 18.0 Å². The summed E-state index contributed by atoms with van der Waals surface area (Å²) < 4.78 is 33.6. The second kappa shape index (κ2) is 8.38. The molecule has 2 aromatic rings. The van der Waals surface area contributed by atoms with E-state index in [0.29, 0.717) is 18.5 Å². The minimum absolute atomic E-state index is 0.0348. The first-order valence-corrected chi connectivity index (χ1v) is 10.9. The molecule has 8 nitrogen and oxygen atoms in total. The van der Waals surface area contributed by atoms with Crippen LogP contribution in [0, 0.1) is 0 Å². The lowest BCUT2D eigenvalue weighted by Gasteiger charge is -2.23. The summed E-state index contributed by atoms with van der Waals surface area (Å²) in [6.45, 7) is 2.29. The largest absolute Gasteiger partial charge is 0.464 e. The first kappa shape index (κ1) is 21.1. The highest BCUT2D eigenvalue weighted by molar-refractivity contribution is 7.89. The number of aromatic nitrogens is 1. The number of benzene rings is 1. The Bertz CT molecular complexity index is 1010. The highest BCUT2D eigenvalue weighted by atomic mass is 32.2. The zero-order valence-electron chi connectivity index (χ0n) is 16.7. The third-order valence-electron chi connectivity index (χ3n) is 5.12. The lowest BCUT2D eigenvalue weighted by Crippen LogP contribution is -2.43. The van der Waals surface area contributed by atoms with Gasteiger partial charge in [-0.1, -0.05) is 19.1 Å². The van der Waals surface area contributed by atoms with Crippen molar-refractivity contribution in [2.24, 2.45) is 7.05 Å². The number of carbonyl (C=O) groups excluding carboxylic acids is 2. The number of esters is 1. The normalized spacial score (nSPS) is 17.3. The second-order valence-electron chi connectivity index (χ2n) is 6.98. The number of nitrogens with zero attached hydrogens (tertiary/aromatic N) is 2. The molecular formula is C20H25N3O5S. The van der Waals surface area contributed by atoms with Crippen LogP contribution in [0.2, 0.25) is 0 Å². The topological polar surface area (TPSA) is 97.7 Å². The average Bonchev–Trinajstić information content (AvgIpc) is 3.35. The van der Waals surface area contributed by atoms with Crippen LogP contribution in [0.1, 0.15) is 35.8 Å². The van der Waals surface area contributed by atoms with Crippen molar-refractivity contribution in [2.75, 3.05) is 19.0 Å². The number of amides is 1. The molecule has 1 saturated heterocycles. The van der Waals surface area contributed by atoms with Gasteiger partial charge in [-0.25, -0.2) is 13.2 Å². The van der Waals surface area contributed by atoms with E-state index in [2.05, 4.69) is 10.1 Å². The fourth-order valence-corrected chi connectivity index (χ4v) is 5.19. The molecule has 1 fully saturated rings.